The lowest BCUT2D eigenvalue weighted by Gasteiger charge is -2.30. The van der Waals surface area contributed by atoms with E-state index in [1.165, 1.54) is 18.9 Å². The summed E-state index contributed by atoms with van der Waals surface area (Å²) >= 11 is 0. The molecule has 9 nitrogen and oxygen atoms in total. The number of carbonyl (C=O) groups is 3. The van der Waals surface area contributed by atoms with Gasteiger partial charge in [0.05, 0.1) is 19.9 Å². The Kier molecular flexibility index (Phi) is 7.68. The minimum atomic E-state index is -0.719. The van der Waals surface area contributed by atoms with E-state index in [9.17, 15) is 14.4 Å². The van der Waals surface area contributed by atoms with Gasteiger partial charge in [0.2, 0.25) is 0 Å². The van der Waals surface area contributed by atoms with Crippen molar-refractivity contribution in [2.24, 2.45) is 5.92 Å². The van der Waals surface area contributed by atoms with Crippen LogP contribution in [0.2, 0.25) is 0 Å². The van der Waals surface area contributed by atoms with Gasteiger partial charge in [-0.3, -0.25) is 4.79 Å². The molecule has 2 heterocycles. The number of hydrogen-bond donors (Lipinski definition) is 0. The molecule has 9 heteroatoms. The molecule has 2 aromatic carbocycles. The Hall–Kier alpha value is -4.14. The molecule has 4 rings (SSSR count). The zero-order valence-corrected chi connectivity index (χ0v) is 20.6. The standard InChI is InChI=1S/C27H29N3O6/c1-18-13-15-29(16-14-18)22(31)17-36-21-11-9-19(10-12-21)24-23(26(32)34-2)25(27(33)35-3)30(28-24)20-7-5-4-6-8-20/h4-12,18H,13-17H2,1-3H3. The summed E-state index contributed by atoms with van der Waals surface area (Å²) in [5.41, 5.74) is 1.37. The molecule has 1 aliphatic heterocycles. The molecule has 0 bridgehead atoms. The highest BCUT2D eigenvalue weighted by Gasteiger charge is 2.31. The van der Waals surface area contributed by atoms with E-state index in [1.807, 2.05) is 11.0 Å². The highest BCUT2D eigenvalue weighted by Crippen LogP contribution is 2.30. The van der Waals surface area contributed by atoms with Crippen LogP contribution in [0.5, 0.6) is 5.75 Å². The Labute approximate surface area is 209 Å². The molecule has 188 valence electrons. The zero-order valence-electron chi connectivity index (χ0n) is 20.6. The minimum Gasteiger partial charge on any atom is -0.484 e. The van der Waals surface area contributed by atoms with Crippen molar-refractivity contribution in [3.8, 4) is 22.7 Å². The van der Waals surface area contributed by atoms with Gasteiger partial charge in [-0.05, 0) is 55.2 Å². The Balaban J connectivity index is 1.61. The van der Waals surface area contributed by atoms with Gasteiger partial charge in [-0.1, -0.05) is 25.1 Å². The van der Waals surface area contributed by atoms with E-state index >= 15 is 0 Å². The fourth-order valence-electron chi connectivity index (χ4n) is 4.16. The first-order chi connectivity index (χ1) is 17.4. The second-order valence-electron chi connectivity index (χ2n) is 8.68. The van der Waals surface area contributed by atoms with Gasteiger partial charge in [0.15, 0.2) is 12.3 Å². The number of methoxy groups -OCH3 is 2. The number of carbonyl (C=O) groups excluding carboxylic acids is 3. The first-order valence-electron chi connectivity index (χ1n) is 11.8. The number of rotatable bonds is 7. The largest absolute Gasteiger partial charge is 0.484 e. The molecular weight excluding hydrogens is 462 g/mol. The topological polar surface area (TPSA) is 100.0 Å². The molecule has 1 aliphatic rings. The summed E-state index contributed by atoms with van der Waals surface area (Å²) in [5.74, 6) is -0.323. The monoisotopic (exact) mass is 491 g/mol. The van der Waals surface area contributed by atoms with Gasteiger partial charge in [-0.15, -0.1) is 0 Å². The Morgan fingerprint density at radius 1 is 0.917 bits per heavy atom. The zero-order chi connectivity index (χ0) is 25.7. The molecule has 1 aromatic heterocycles. The summed E-state index contributed by atoms with van der Waals surface area (Å²) in [6, 6.07) is 15.8. The van der Waals surface area contributed by atoms with Crippen molar-refractivity contribution in [2.75, 3.05) is 33.9 Å². The fourth-order valence-corrected chi connectivity index (χ4v) is 4.16. The lowest BCUT2D eigenvalue weighted by Crippen LogP contribution is -2.40. The van der Waals surface area contributed by atoms with Crippen LogP contribution in [-0.4, -0.2) is 66.4 Å². The minimum absolute atomic E-state index is 0.00336. The highest BCUT2D eigenvalue weighted by molar-refractivity contribution is 6.06. The third kappa shape index (κ3) is 5.25. The number of para-hydroxylation sites is 1. The summed E-state index contributed by atoms with van der Waals surface area (Å²) < 4.78 is 17.0. The van der Waals surface area contributed by atoms with E-state index in [-0.39, 0.29) is 29.5 Å². The molecule has 0 saturated carbocycles. The maximum atomic E-state index is 12.8. The molecule has 3 aromatic rings. The Bertz CT molecular complexity index is 1230. The molecule has 0 spiro atoms. The average molecular weight is 492 g/mol. The average Bonchev–Trinajstić information content (AvgIpc) is 3.32. The normalized spacial score (nSPS) is 13.8. The Morgan fingerprint density at radius 2 is 1.56 bits per heavy atom. The van der Waals surface area contributed by atoms with Crippen molar-refractivity contribution >= 4 is 17.8 Å². The maximum absolute atomic E-state index is 12.8. The van der Waals surface area contributed by atoms with Crippen LogP contribution in [0.15, 0.2) is 54.6 Å². The van der Waals surface area contributed by atoms with Gasteiger partial charge in [0, 0.05) is 18.7 Å². The molecular formula is C27H29N3O6. The third-order valence-electron chi connectivity index (χ3n) is 6.28. The van der Waals surface area contributed by atoms with Crippen LogP contribution in [0.25, 0.3) is 16.9 Å². The van der Waals surface area contributed by atoms with Crippen molar-refractivity contribution in [3.63, 3.8) is 0 Å². The Morgan fingerprint density at radius 3 is 2.17 bits per heavy atom. The first-order valence-corrected chi connectivity index (χ1v) is 11.8. The van der Waals surface area contributed by atoms with Crippen molar-refractivity contribution in [3.05, 3.63) is 65.9 Å². The number of nitrogens with zero attached hydrogens (tertiary/aromatic N) is 3. The number of aromatic nitrogens is 2. The molecule has 0 unspecified atom stereocenters. The van der Waals surface area contributed by atoms with Gasteiger partial charge in [0.25, 0.3) is 5.91 Å². The summed E-state index contributed by atoms with van der Waals surface area (Å²) in [6.07, 6.45) is 2.01. The van der Waals surface area contributed by atoms with Crippen molar-refractivity contribution < 1.29 is 28.6 Å². The molecule has 0 radical (unpaired) electrons. The van der Waals surface area contributed by atoms with E-state index in [0.29, 0.717) is 22.9 Å². The number of amides is 1. The van der Waals surface area contributed by atoms with Gasteiger partial charge in [-0.25, -0.2) is 14.3 Å². The second kappa shape index (κ2) is 11.1. The van der Waals surface area contributed by atoms with E-state index < -0.39 is 11.9 Å². The number of esters is 2. The van der Waals surface area contributed by atoms with E-state index in [1.54, 1.807) is 48.5 Å². The smallest absolute Gasteiger partial charge is 0.357 e. The molecule has 1 amide bonds. The number of likely N-dealkylation sites (tertiary alicyclic amines) is 1. The van der Waals surface area contributed by atoms with Gasteiger partial charge in [0.1, 0.15) is 17.0 Å². The summed E-state index contributed by atoms with van der Waals surface area (Å²) in [7, 11) is 2.48. The van der Waals surface area contributed by atoms with Crippen molar-refractivity contribution in [2.45, 2.75) is 19.8 Å². The van der Waals surface area contributed by atoms with Crippen LogP contribution >= 0.6 is 0 Å². The summed E-state index contributed by atoms with van der Waals surface area (Å²) in [5, 5.41) is 4.57. The van der Waals surface area contributed by atoms with Crippen LogP contribution in [-0.2, 0) is 14.3 Å². The summed E-state index contributed by atoms with van der Waals surface area (Å²) in [6.45, 7) is 3.66. The van der Waals surface area contributed by atoms with Crippen LogP contribution in [0.3, 0.4) is 0 Å². The lowest BCUT2D eigenvalue weighted by atomic mass is 9.99. The molecule has 0 aliphatic carbocycles. The van der Waals surface area contributed by atoms with Crippen molar-refractivity contribution in [1.29, 1.82) is 0 Å². The molecule has 0 N–H and O–H groups in total. The quantitative estimate of drug-likeness (QED) is 0.464. The predicted molar refractivity (Wildman–Crippen MR) is 132 cm³/mol. The molecule has 1 fully saturated rings. The van der Waals surface area contributed by atoms with Crippen molar-refractivity contribution in [1.82, 2.24) is 14.7 Å². The highest BCUT2D eigenvalue weighted by atomic mass is 16.5. The predicted octanol–water partition coefficient (Wildman–Crippen LogP) is 3.75. The SMILES string of the molecule is COC(=O)c1c(-c2ccc(OCC(=O)N3CCC(C)CC3)cc2)nn(-c2ccccc2)c1C(=O)OC. The van der Waals surface area contributed by atoms with E-state index in [0.717, 1.165) is 25.9 Å². The lowest BCUT2D eigenvalue weighted by molar-refractivity contribution is -0.134. The number of piperidine rings is 1. The van der Waals surface area contributed by atoms with Gasteiger partial charge < -0.3 is 19.1 Å². The van der Waals surface area contributed by atoms with Crippen LogP contribution in [0.4, 0.5) is 0 Å². The van der Waals surface area contributed by atoms with Gasteiger partial charge >= 0.3 is 11.9 Å². The van der Waals surface area contributed by atoms with E-state index in [2.05, 4.69) is 12.0 Å². The third-order valence-corrected chi connectivity index (χ3v) is 6.28. The second-order valence-corrected chi connectivity index (χ2v) is 8.68. The van der Waals surface area contributed by atoms with Crippen LogP contribution in [0, 0.1) is 5.92 Å². The fraction of sp³-hybridized carbons (Fsp3) is 0.333. The molecule has 36 heavy (non-hydrogen) atoms. The first kappa shape index (κ1) is 25.0. The maximum Gasteiger partial charge on any atom is 0.357 e. The van der Waals surface area contributed by atoms with E-state index in [4.69, 9.17) is 14.2 Å². The van der Waals surface area contributed by atoms with Crippen LogP contribution < -0.4 is 4.74 Å². The number of hydrogen-bond acceptors (Lipinski definition) is 7. The van der Waals surface area contributed by atoms with Crippen LogP contribution in [0.1, 0.15) is 40.6 Å². The summed E-state index contributed by atoms with van der Waals surface area (Å²) in [4.78, 5) is 39.8. The number of ether oxygens (including phenoxy) is 3. The molecule has 1 saturated heterocycles. The number of benzene rings is 2. The van der Waals surface area contributed by atoms with Gasteiger partial charge in [-0.2, -0.15) is 5.10 Å². The molecule has 0 atom stereocenters.